The summed E-state index contributed by atoms with van der Waals surface area (Å²) < 4.78 is 0. The quantitative estimate of drug-likeness (QED) is 0.907. The van der Waals surface area contributed by atoms with Gasteiger partial charge in [0, 0.05) is 23.7 Å². The first-order valence-electron chi connectivity index (χ1n) is 7.19. The molecule has 20 heavy (non-hydrogen) atoms. The summed E-state index contributed by atoms with van der Waals surface area (Å²) in [7, 11) is 0. The second-order valence-corrected chi connectivity index (χ2v) is 7.18. The van der Waals surface area contributed by atoms with Gasteiger partial charge in [0.25, 0.3) is 0 Å². The molecule has 1 atom stereocenters. The maximum absolute atomic E-state index is 12.8. The van der Waals surface area contributed by atoms with Gasteiger partial charge in [-0.05, 0) is 30.5 Å². The van der Waals surface area contributed by atoms with Crippen LogP contribution in [0.15, 0.2) is 29.2 Å². The summed E-state index contributed by atoms with van der Waals surface area (Å²) >= 11 is 1.78. The molecule has 0 saturated heterocycles. The number of nitrogens with zero attached hydrogens (tertiary/aromatic N) is 1. The molecule has 1 heterocycles. The van der Waals surface area contributed by atoms with E-state index in [4.69, 9.17) is 5.73 Å². The van der Waals surface area contributed by atoms with Crippen LogP contribution in [-0.2, 0) is 4.79 Å². The first-order valence-corrected chi connectivity index (χ1v) is 8.17. The number of benzene rings is 1. The molecule has 1 aliphatic rings. The minimum atomic E-state index is -0.0308. The Balaban J connectivity index is 2.14. The van der Waals surface area contributed by atoms with Crippen molar-refractivity contribution in [2.45, 2.75) is 31.6 Å². The molecule has 2 rings (SSSR count). The molecule has 0 aliphatic carbocycles. The third kappa shape index (κ3) is 3.18. The van der Waals surface area contributed by atoms with Gasteiger partial charge in [-0.3, -0.25) is 4.79 Å². The van der Waals surface area contributed by atoms with Crippen LogP contribution in [0.3, 0.4) is 0 Å². The predicted octanol–water partition coefficient (Wildman–Crippen LogP) is 2.71. The van der Waals surface area contributed by atoms with E-state index in [0.717, 1.165) is 18.8 Å². The lowest BCUT2D eigenvalue weighted by molar-refractivity contribution is -0.133. The normalized spacial score (nSPS) is 17.9. The lowest BCUT2D eigenvalue weighted by Gasteiger charge is -2.32. The van der Waals surface area contributed by atoms with Gasteiger partial charge in [0.1, 0.15) is 0 Å². The maximum atomic E-state index is 12.8. The van der Waals surface area contributed by atoms with E-state index in [1.165, 1.54) is 10.5 Å². The van der Waals surface area contributed by atoms with Gasteiger partial charge in [-0.15, -0.1) is 11.8 Å². The molecule has 1 aromatic rings. The molecule has 1 unspecified atom stereocenters. The second-order valence-electron chi connectivity index (χ2n) is 6.12. The first kappa shape index (κ1) is 15.4. The first-order chi connectivity index (χ1) is 9.48. The Hall–Kier alpha value is -1.00. The van der Waals surface area contributed by atoms with Crippen molar-refractivity contribution in [3.8, 4) is 0 Å². The van der Waals surface area contributed by atoms with Crippen molar-refractivity contribution in [3.05, 3.63) is 29.8 Å². The van der Waals surface area contributed by atoms with Crippen LogP contribution in [-0.4, -0.2) is 36.2 Å². The summed E-state index contributed by atoms with van der Waals surface area (Å²) in [6, 6.07) is 8.24. The van der Waals surface area contributed by atoms with Gasteiger partial charge in [0.15, 0.2) is 0 Å². The Morgan fingerprint density at radius 1 is 1.45 bits per heavy atom. The summed E-state index contributed by atoms with van der Waals surface area (Å²) in [5.41, 5.74) is 6.95. The van der Waals surface area contributed by atoms with E-state index in [-0.39, 0.29) is 17.2 Å². The SMILES string of the molecule is CCN(CC(C)(C)CN)C(=O)C1CSc2ccccc21. The number of nitrogens with two attached hydrogens (primary N) is 1. The van der Waals surface area contributed by atoms with Crippen LogP contribution in [0, 0.1) is 5.41 Å². The fourth-order valence-corrected chi connectivity index (χ4v) is 3.73. The molecule has 110 valence electrons. The van der Waals surface area contributed by atoms with Gasteiger partial charge >= 0.3 is 0 Å². The number of carbonyl (C=O) groups is 1. The third-order valence-electron chi connectivity index (χ3n) is 3.86. The number of hydrogen-bond acceptors (Lipinski definition) is 3. The molecule has 0 aromatic heterocycles. The van der Waals surface area contributed by atoms with Gasteiger partial charge < -0.3 is 10.6 Å². The maximum Gasteiger partial charge on any atom is 0.231 e. The average molecular weight is 292 g/mol. The second kappa shape index (κ2) is 6.19. The molecule has 0 radical (unpaired) electrons. The van der Waals surface area contributed by atoms with Gasteiger partial charge in [0.05, 0.1) is 5.92 Å². The highest BCUT2D eigenvalue weighted by atomic mass is 32.2. The van der Waals surface area contributed by atoms with Crippen molar-refractivity contribution in [3.63, 3.8) is 0 Å². The largest absolute Gasteiger partial charge is 0.342 e. The van der Waals surface area contributed by atoms with Crippen LogP contribution < -0.4 is 5.73 Å². The zero-order valence-corrected chi connectivity index (χ0v) is 13.4. The zero-order chi connectivity index (χ0) is 14.8. The number of amides is 1. The molecule has 1 aliphatic heterocycles. The summed E-state index contributed by atoms with van der Waals surface area (Å²) in [5, 5.41) is 0. The lowest BCUT2D eigenvalue weighted by atomic mass is 9.92. The van der Waals surface area contributed by atoms with Crippen molar-refractivity contribution in [1.82, 2.24) is 4.90 Å². The summed E-state index contributed by atoms with van der Waals surface area (Å²) in [4.78, 5) is 16.0. The number of thioether (sulfide) groups is 1. The van der Waals surface area contributed by atoms with Gasteiger partial charge in [-0.2, -0.15) is 0 Å². The highest BCUT2D eigenvalue weighted by Crippen LogP contribution is 2.40. The monoisotopic (exact) mass is 292 g/mol. The molecule has 1 amide bonds. The Labute approximate surface area is 125 Å². The van der Waals surface area contributed by atoms with E-state index in [2.05, 4.69) is 26.0 Å². The molecule has 0 spiro atoms. The van der Waals surface area contributed by atoms with E-state index in [9.17, 15) is 4.79 Å². The Morgan fingerprint density at radius 3 is 2.80 bits per heavy atom. The van der Waals surface area contributed by atoms with E-state index >= 15 is 0 Å². The van der Waals surface area contributed by atoms with Gasteiger partial charge in [0.2, 0.25) is 5.91 Å². The summed E-state index contributed by atoms with van der Waals surface area (Å²) in [5.74, 6) is 1.11. The van der Waals surface area contributed by atoms with Gasteiger partial charge in [-0.1, -0.05) is 32.0 Å². The van der Waals surface area contributed by atoms with E-state index in [1.807, 2.05) is 24.0 Å². The van der Waals surface area contributed by atoms with E-state index in [0.29, 0.717) is 6.54 Å². The topological polar surface area (TPSA) is 46.3 Å². The van der Waals surface area contributed by atoms with Crippen LogP contribution in [0.2, 0.25) is 0 Å². The predicted molar refractivity (Wildman–Crippen MR) is 85.0 cm³/mol. The Kier molecular flexibility index (Phi) is 4.76. The Morgan fingerprint density at radius 2 is 2.15 bits per heavy atom. The molecular weight excluding hydrogens is 268 g/mol. The summed E-state index contributed by atoms with van der Waals surface area (Å²) in [6.45, 7) is 8.32. The number of likely N-dealkylation sites (N-methyl/N-ethyl adjacent to an activating group) is 1. The molecule has 0 bridgehead atoms. The van der Waals surface area contributed by atoms with Crippen LogP contribution in [0.25, 0.3) is 0 Å². The highest BCUT2D eigenvalue weighted by Gasteiger charge is 2.33. The Bertz CT molecular complexity index is 487. The fraction of sp³-hybridized carbons (Fsp3) is 0.562. The van der Waals surface area contributed by atoms with E-state index in [1.54, 1.807) is 11.8 Å². The van der Waals surface area contributed by atoms with Crippen molar-refractivity contribution in [2.75, 3.05) is 25.4 Å². The number of rotatable bonds is 5. The van der Waals surface area contributed by atoms with Crippen molar-refractivity contribution in [2.24, 2.45) is 11.1 Å². The molecule has 2 N–H and O–H groups in total. The van der Waals surface area contributed by atoms with Crippen LogP contribution in [0.5, 0.6) is 0 Å². The molecule has 0 saturated carbocycles. The molecular formula is C16H24N2OS. The number of hydrogen-bond donors (Lipinski definition) is 1. The van der Waals surface area contributed by atoms with Crippen LogP contribution in [0.4, 0.5) is 0 Å². The molecule has 3 nitrogen and oxygen atoms in total. The van der Waals surface area contributed by atoms with Crippen molar-refractivity contribution < 1.29 is 4.79 Å². The smallest absolute Gasteiger partial charge is 0.231 e. The van der Waals surface area contributed by atoms with Crippen molar-refractivity contribution in [1.29, 1.82) is 0 Å². The van der Waals surface area contributed by atoms with Crippen LogP contribution in [0.1, 0.15) is 32.3 Å². The highest BCUT2D eigenvalue weighted by molar-refractivity contribution is 7.99. The lowest BCUT2D eigenvalue weighted by Crippen LogP contribution is -2.43. The standard InChI is InChI=1S/C16H24N2OS/c1-4-18(11-16(2,3)10-17)15(19)13-9-20-14-8-6-5-7-12(13)14/h5-8,13H,4,9-11,17H2,1-3H3. The summed E-state index contributed by atoms with van der Waals surface area (Å²) in [6.07, 6.45) is 0. The van der Waals surface area contributed by atoms with Crippen molar-refractivity contribution >= 4 is 17.7 Å². The molecule has 4 heteroatoms. The average Bonchev–Trinajstić information content (AvgIpc) is 2.88. The zero-order valence-electron chi connectivity index (χ0n) is 12.6. The van der Waals surface area contributed by atoms with E-state index < -0.39 is 0 Å². The minimum Gasteiger partial charge on any atom is -0.342 e. The molecule has 1 aromatic carbocycles. The minimum absolute atomic E-state index is 0.00437. The van der Waals surface area contributed by atoms with Gasteiger partial charge in [-0.25, -0.2) is 0 Å². The molecule has 0 fully saturated rings. The fourth-order valence-electron chi connectivity index (χ4n) is 2.51. The third-order valence-corrected chi connectivity index (χ3v) is 5.05. The number of carbonyl (C=O) groups excluding carboxylic acids is 1. The van der Waals surface area contributed by atoms with Crippen LogP contribution >= 0.6 is 11.8 Å². The number of fused-ring (bicyclic) bond motifs is 1.